The highest BCUT2D eigenvalue weighted by atomic mass is 35.5. The van der Waals surface area contributed by atoms with E-state index in [1.54, 1.807) is 19.1 Å². The van der Waals surface area contributed by atoms with Gasteiger partial charge in [-0.15, -0.1) is 0 Å². The van der Waals surface area contributed by atoms with Gasteiger partial charge in [-0.2, -0.15) is 0 Å². The molecule has 0 aliphatic carbocycles. The monoisotopic (exact) mass is 265 g/mol. The lowest BCUT2D eigenvalue weighted by atomic mass is 10.0. The van der Waals surface area contributed by atoms with E-state index in [1.165, 1.54) is 0 Å². The number of carbonyl (C=O) groups is 1. The van der Waals surface area contributed by atoms with E-state index in [1.807, 2.05) is 6.92 Å². The highest BCUT2D eigenvalue weighted by Gasteiger charge is 2.14. The first kappa shape index (κ1) is 12.6. The van der Waals surface area contributed by atoms with Gasteiger partial charge in [-0.05, 0) is 31.0 Å². The quantitative estimate of drug-likeness (QED) is 0.876. The predicted molar refractivity (Wildman–Crippen MR) is 70.4 cm³/mol. The maximum absolute atomic E-state index is 11.9. The van der Waals surface area contributed by atoms with Gasteiger partial charge in [0.1, 0.15) is 0 Å². The van der Waals surface area contributed by atoms with Crippen molar-refractivity contribution in [2.24, 2.45) is 0 Å². The van der Waals surface area contributed by atoms with Crippen molar-refractivity contribution in [1.82, 2.24) is 4.98 Å². The molecular formula is C13H12ClNO3. The van der Waals surface area contributed by atoms with Crippen LogP contribution < -0.4 is 5.56 Å². The van der Waals surface area contributed by atoms with E-state index >= 15 is 0 Å². The van der Waals surface area contributed by atoms with E-state index in [-0.39, 0.29) is 17.5 Å². The largest absolute Gasteiger partial charge is 0.481 e. The summed E-state index contributed by atoms with van der Waals surface area (Å²) in [6.45, 7) is 3.57. The summed E-state index contributed by atoms with van der Waals surface area (Å²) in [6.07, 6.45) is -0.279. The molecule has 0 unspecified atom stereocenters. The number of fused-ring (bicyclic) bond motifs is 1. The first-order chi connectivity index (χ1) is 8.41. The first-order valence-corrected chi connectivity index (χ1v) is 5.82. The molecular weight excluding hydrogens is 254 g/mol. The molecule has 0 aliphatic rings. The minimum atomic E-state index is -1.02. The summed E-state index contributed by atoms with van der Waals surface area (Å²) in [5.74, 6) is -1.02. The third-order valence-corrected chi connectivity index (χ3v) is 3.51. The minimum Gasteiger partial charge on any atom is -0.481 e. The Labute approximate surface area is 108 Å². The van der Waals surface area contributed by atoms with Gasteiger partial charge in [-0.1, -0.05) is 17.7 Å². The number of rotatable bonds is 2. The minimum absolute atomic E-state index is 0.279. The van der Waals surface area contributed by atoms with Gasteiger partial charge >= 0.3 is 5.97 Å². The van der Waals surface area contributed by atoms with Crippen molar-refractivity contribution in [1.29, 1.82) is 0 Å². The molecule has 0 aliphatic heterocycles. The van der Waals surface area contributed by atoms with Crippen LogP contribution in [0.5, 0.6) is 0 Å². The summed E-state index contributed by atoms with van der Waals surface area (Å²) >= 11 is 6.00. The van der Waals surface area contributed by atoms with Crippen LogP contribution in [0.3, 0.4) is 0 Å². The van der Waals surface area contributed by atoms with E-state index in [9.17, 15) is 9.59 Å². The smallest absolute Gasteiger partial charge is 0.308 e. The highest BCUT2D eigenvalue weighted by Crippen LogP contribution is 2.26. The number of carboxylic acid groups (broad SMARTS) is 1. The van der Waals surface area contributed by atoms with Gasteiger partial charge in [0, 0.05) is 16.0 Å². The lowest BCUT2D eigenvalue weighted by molar-refractivity contribution is -0.136. The van der Waals surface area contributed by atoms with Crippen LogP contribution in [0.25, 0.3) is 10.9 Å². The standard InChI is InChI=1S/C13H12ClNO3/c1-6-8-3-4-10(14)7(2)12(8)15-13(18)9(6)5-11(16)17/h3-4H,5H2,1-2H3,(H,15,18)(H,16,17). The van der Waals surface area contributed by atoms with Crippen LogP contribution in [-0.2, 0) is 11.2 Å². The number of benzene rings is 1. The number of halogens is 1. The van der Waals surface area contributed by atoms with Gasteiger partial charge < -0.3 is 10.1 Å². The fraction of sp³-hybridized carbons (Fsp3) is 0.231. The Hall–Kier alpha value is -1.81. The fourth-order valence-electron chi connectivity index (χ4n) is 2.05. The van der Waals surface area contributed by atoms with Crippen LogP contribution >= 0.6 is 11.6 Å². The Morgan fingerprint density at radius 3 is 2.61 bits per heavy atom. The fourth-order valence-corrected chi connectivity index (χ4v) is 2.20. The molecule has 0 saturated heterocycles. The zero-order valence-electron chi connectivity index (χ0n) is 10.0. The van der Waals surface area contributed by atoms with Crippen molar-refractivity contribution in [3.8, 4) is 0 Å². The molecule has 1 aromatic carbocycles. The SMILES string of the molecule is Cc1c(CC(=O)O)c(=O)[nH]c2c(C)c(Cl)ccc12. The van der Waals surface area contributed by atoms with Crippen LogP contribution in [0, 0.1) is 13.8 Å². The lowest BCUT2D eigenvalue weighted by Gasteiger charge is -2.10. The molecule has 18 heavy (non-hydrogen) atoms. The van der Waals surface area contributed by atoms with Crippen molar-refractivity contribution in [2.75, 3.05) is 0 Å². The number of aryl methyl sites for hydroxylation is 2. The topological polar surface area (TPSA) is 70.2 Å². The molecule has 2 N–H and O–H groups in total. The molecule has 0 saturated carbocycles. The number of aromatic nitrogens is 1. The van der Waals surface area contributed by atoms with Crippen LogP contribution in [0.1, 0.15) is 16.7 Å². The van der Waals surface area contributed by atoms with E-state index in [0.717, 1.165) is 10.9 Å². The highest BCUT2D eigenvalue weighted by molar-refractivity contribution is 6.32. The molecule has 4 nitrogen and oxygen atoms in total. The van der Waals surface area contributed by atoms with Crippen LogP contribution in [-0.4, -0.2) is 16.1 Å². The number of pyridine rings is 1. The molecule has 1 aromatic heterocycles. The summed E-state index contributed by atoms with van der Waals surface area (Å²) in [7, 11) is 0. The summed E-state index contributed by atoms with van der Waals surface area (Å²) in [5, 5.41) is 10.2. The summed E-state index contributed by atoms with van der Waals surface area (Å²) in [5.41, 5.74) is 2.07. The molecule has 2 rings (SSSR count). The number of H-pyrrole nitrogens is 1. The van der Waals surface area contributed by atoms with Crippen molar-refractivity contribution in [3.63, 3.8) is 0 Å². The number of aliphatic carboxylic acids is 1. The van der Waals surface area contributed by atoms with Gasteiger partial charge in [-0.3, -0.25) is 9.59 Å². The molecule has 0 amide bonds. The maximum atomic E-state index is 11.9. The number of hydrogen-bond donors (Lipinski definition) is 2. The van der Waals surface area contributed by atoms with E-state index < -0.39 is 5.97 Å². The number of nitrogens with one attached hydrogen (secondary N) is 1. The van der Waals surface area contributed by atoms with Gasteiger partial charge in [-0.25, -0.2) is 0 Å². The molecule has 94 valence electrons. The lowest BCUT2D eigenvalue weighted by Crippen LogP contribution is -2.18. The van der Waals surface area contributed by atoms with E-state index in [4.69, 9.17) is 16.7 Å². The summed E-state index contributed by atoms with van der Waals surface area (Å²) < 4.78 is 0. The average Bonchev–Trinajstić information content (AvgIpc) is 2.29. The number of aromatic amines is 1. The van der Waals surface area contributed by atoms with Gasteiger partial charge in [0.2, 0.25) is 0 Å². The molecule has 0 fully saturated rings. The zero-order chi connectivity index (χ0) is 13.4. The molecule has 0 spiro atoms. The second-order valence-corrected chi connectivity index (χ2v) is 4.63. The van der Waals surface area contributed by atoms with Crippen molar-refractivity contribution in [2.45, 2.75) is 20.3 Å². The first-order valence-electron chi connectivity index (χ1n) is 5.44. The predicted octanol–water partition coefficient (Wildman–Crippen LogP) is 2.43. The second-order valence-electron chi connectivity index (χ2n) is 4.22. The molecule has 0 bridgehead atoms. The van der Waals surface area contributed by atoms with Crippen molar-refractivity contribution < 1.29 is 9.90 Å². The van der Waals surface area contributed by atoms with Crippen molar-refractivity contribution >= 4 is 28.5 Å². The van der Waals surface area contributed by atoms with Gasteiger partial charge in [0.15, 0.2) is 0 Å². The Kier molecular flexibility index (Phi) is 3.13. The number of carboxylic acids is 1. The van der Waals surface area contributed by atoms with Crippen LogP contribution in [0.15, 0.2) is 16.9 Å². The molecule has 2 aromatic rings. The normalized spacial score (nSPS) is 10.8. The third-order valence-electron chi connectivity index (χ3n) is 3.10. The number of hydrogen-bond acceptors (Lipinski definition) is 2. The van der Waals surface area contributed by atoms with Crippen molar-refractivity contribution in [3.05, 3.63) is 44.2 Å². The maximum Gasteiger partial charge on any atom is 0.308 e. The average molecular weight is 266 g/mol. The van der Waals surface area contributed by atoms with E-state index in [0.29, 0.717) is 16.1 Å². The molecule has 5 heteroatoms. The van der Waals surface area contributed by atoms with Gasteiger partial charge in [0.25, 0.3) is 5.56 Å². The molecule has 1 heterocycles. The van der Waals surface area contributed by atoms with E-state index in [2.05, 4.69) is 4.98 Å². The summed E-state index contributed by atoms with van der Waals surface area (Å²) in [4.78, 5) is 25.4. The Balaban J connectivity index is 2.83. The van der Waals surface area contributed by atoms with Gasteiger partial charge in [0.05, 0.1) is 11.9 Å². The summed E-state index contributed by atoms with van der Waals surface area (Å²) in [6, 6.07) is 3.54. The Morgan fingerprint density at radius 1 is 1.33 bits per heavy atom. The third kappa shape index (κ3) is 1.99. The van der Waals surface area contributed by atoms with Crippen LogP contribution in [0.2, 0.25) is 5.02 Å². The molecule has 0 atom stereocenters. The zero-order valence-corrected chi connectivity index (χ0v) is 10.8. The second kappa shape index (κ2) is 4.46. The Bertz CT molecular complexity index is 703. The Morgan fingerprint density at radius 2 is 2.00 bits per heavy atom. The molecule has 0 radical (unpaired) electrons. The van der Waals surface area contributed by atoms with Crippen LogP contribution in [0.4, 0.5) is 0 Å².